The van der Waals surface area contributed by atoms with E-state index in [2.05, 4.69) is 33.5 Å². The minimum atomic E-state index is -1.00. The number of carbonyl (C=O) groups is 6. The maximum Gasteiger partial charge on any atom is 0.325 e. The standard InChI is InChI=1S/C30H53N5O7/c1-9-10-11-12-13-19(6)26-20(7)27(38)31-15-23(36)35-25(18(4)5)30(41)34-22(14-17(2)3)29(40)33-21(8)28(39)32-16-24(37)42-26/h17-22,25-26H,9-16H2,1-8H3,(H,31,38)(H,32,39)(H,33,40)(H,34,41)(H,35,36)/t19-,20-,21-,22-,25-,26+/m0/s1. The van der Waals surface area contributed by atoms with E-state index in [4.69, 9.17) is 4.74 Å². The number of rotatable bonds is 9. The summed E-state index contributed by atoms with van der Waals surface area (Å²) in [5, 5.41) is 13.0. The van der Waals surface area contributed by atoms with Crippen molar-refractivity contribution < 1.29 is 33.5 Å². The molecule has 0 aromatic carbocycles. The van der Waals surface area contributed by atoms with Crippen molar-refractivity contribution in [3.8, 4) is 0 Å². The predicted molar refractivity (Wildman–Crippen MR) is 159 cm³/mol. The topological polar surface area (TPSA) is 172 Å². The van der Waals surface area contributed by atoms with E-state index in [0.717, 1.165) is 32.1 Å². The van der Waals surface area contributed by atoms with Crippen molar-refractivity contribution in [2.75, 3.05) is 13.1 Å². The van der Waals surface area contributed by atoms with Crippen LogP contribution >= 0.6 is 0 Å². The van der Waals surface area contributed by atoms with E-state index in [0.29, 0.717) is 6.42 Å². The van der Waals surface area contributed by atoms with Gasteiger partial charge in [0, 0.05) is 0 Å². The highest BCUT2D eigenvalue weighted by Crippen LogP contribution is 2.23. The lowest BCUT2D eigenvalue weighted by atomic mass is 9.88. The number of unbranched alkanes of at least 4 members (excludes halogenated alkanes) is 3. The van der Waals surface area contributed by atoms with E-state index in [9.17, 15) is 28.8 Å². The van der Waals surface area contributed by atoms with Crippen molar-refractivity contribution in [3.63, 3.8) is 0 Å². The first-order chi connectivity index (χ1) is 19.7. The fourth-order valence-corrected chi connectivity index (χ4v) is 4.86. The first kappa shape index (κ1) is 36.8. The SMILES string of the molecule is CCCCCC[C@H](C)[C@H]1OC(=O)CNC(=O)[C@H](C)NC(=O)[C@H](CC(C)C)NC(=O)[C@H](C(C)C)NC(=O)CNC(=O)[C@H]1C. The molecule has 0 unspecified atom stereocenters. The third-order valence-corrected chi connectivity index (χ3v) is 7.44. The minimum Gasteiger partial charge on any atom is -0.460 e. The zero-order valence-corrected chi connectivity index (χ0v) is 26.6. The van der Waals surface area contributed by atoms with Gasteiger partial charge in [-0.3, -0.25) is 28.8 Å². The largest absolute Gasteiger partial charge is 0.460 e. The lowest BCUT2D eigenvalue weighted by molar-refractivity contribution is -0.157. The number of amides is 5. The van der Waals surface area contributed by atoms with Crippen LogP contribution in [0.5, 0.6) is 0 Å². The molecule has 1 rings (SSSR count). The van der Waals surface area contributed by atoms with Crippen LogP contribution in [0.3, 0.4) is 0 Å². The average molecular weight is 596 g/mol. The molecule has 0 spiro atoms. The van der Waals surface area contributed by atoms with Crippen molar-refractivity contribution >= 4 is 35.5 Å². The molecule has 1 heterocycles. The van der Waals surface area contributed by atoms with Gasteiger partial charge in [0.25, 0.3) is 0 Å². The Labute approximate surface area is 250 Å². The normalized spacial score (nSPS) is 26.6. The van der Waals surface area contributed by atoms with Crippen LogP contribution in [0.2, 0.25) is 0 Å². The quantitative estimate of drug-likeness (QED) is 0.199. The van der Waals surface area contributed by atoms with Gasteiger partial charge >= 0.3 is 5.97 Å². The minimum absolute atomic E-state index is 0.0350. The van der Waals surface area contributed by atoms with Crippen molar-refractivity contribution in [1.82, 2.24) is 26.6 Å². The van der Waals surface area contributed by atoms with Crippen molar-refractivity contribution in [1.29, 1.82) is 0 Å². The Bertz CT molecular complexity index is 939. The van der Waals surface area contributed by atoms with Crippen LogP contribution in [0, 0.1) is 23.7 Å². The molecule has 0 saturated carbocycles. The van der Waals surface area contributed by atoms with Crippen LogP contribution in [0.1, 0.15) is 93.9 Å². The summed E-state index contributed by atoms with van der Waals surface area (Å²) in [4.78, 5) is 77.6. The lowest BCUT2D eigenvalue weighted by Gasteiger charge is -2.29. The second-order valence-electron chi connectivity index (χ2n) is 12.2. The van der Waals surface area contributed by atoms with Gasteiger partial charge in [0.15, 0.2) is 0 Å². The summed E-state index contributed by atoms with van der Waals surface area (Å²) in [5.41, 5.74) is 0. The zero-order chi connectivity index (χ0) is 32.0. The molecule has 0 aromatic rings. The fourth-order valence-electron chi connectivity index (χ4n) is 4.86. The Hall–Kier alpha value is -3.18. The maximum absolute atomic E-state index is 13.2. The number of ether oxygens (including phenoxy) is 1. The lowest BCUT2D eigenvalue weighted by Crippen LogP contribution is -2.58. The van der Waals surface area contributed by atoms with E-state index >= 15 is 0 Å². The summed E-state index contributed by atoms with van der Waals surface area (Å²) in [7, 11) is 0. The molecule has 42 heavy (non-hydrogen) atoms. The van der Waals surface area contributed by atoms with Crippen LogP contribution in [-0.4, -0.2) is 72.8 Å². The van der Waals surface area contributed by atoms with Crippen LogP contribution in [0.25, 0.3) is 0 Å². The Morgan fingerprint density at radius 1 is 0.762 bits per heavy atom. The van der Waals surface area contributed by atoms with Gasteiger partial charge in [0.1, 0.15) is 30.8 Å². The van der Waals surface area contributed by atoms with Crippen LogP contribution in [0.4, 0.5) is 0 Å². The van der Waals surface area contributed by atoms with Crippen LogP contribution in [-0.2, 0) is 33.5 Å². The predicted octanol–water partition coefficient (Wildman–Crippen LogP) is 1.56. The number of carbonyl (C=O) groups excluding carboxylic acids is 6. The molecule has 12 nitrogen and oxygen atoms in total. The molecule has 1 aliphatic heterocycles. The first-order valence-electron chi connectivity index (χ1n) is 15.3. The summed E-state index contributed by atoms with van der Waals surface area (Å²) in [6.45, 7) is 13.6. The van der Waals surface area contributed by atoms with Gasteiger partial charge in [0.05, 0.1) is 12.5 Å². The molecular formula is C30H53N5O7. The summed E-state index contributed by atoms with van der Waals surface area (Å²) >= 11 is 0. The van der Waals surface area contributed by atoms with Crippen molar-refractivity contribution in [2.24, 2.45) is 23.7 Å². The molecule has 12 heteroatoms. The third kappa shape index (κ3) is 12.8. The van der Waals surface area contributed by atoms with E-state index in [1.807, 2.05) is 20.8 Å². The molecule has 5 amide bonds. The molecule has 0 radical (unpaired) electrons. The number of hydrogen-bond acceptors (Lipinski definition) is 7. The van der Waals surface area contributed by atoms with Gasteiger partial charge in [-0.2, -0.15) is 0 Å². The fraction of sp³-hybridized carbons (Fsp3) is 0.800. The summed E-state index contributed by atoms with van der Waals surface area (Å²) in [5.74, 6) is -4.70. The van der Waals surface area contributed by atoms with Crippen molar-refractivity contribution in [3.05, 3.63) is 0 Å². The van der Waals surface area contributed by atoms with E-state index in [-0.39, 0.29) is 24.3 Å². The van der Waals surface area contributed by atoms with Gasteiger partial charge in [-0.15, -0.1) is 0 Å². The highest BCUT2D eigenvalue weighted by atomic mass is 16.5. The number of hydrogen-bond donors (Lipinski definition) is 5. The van der Waals surface area contributed by atoms with E-state index in [1.165, 1.54) is 6.92 Å². The molecule has 6 atom stereocenters. The van der Waals surface area contributed by atoms with Crippen LogP contribution < -0.4 is 26.6 Å². The molecule has 1 fully saturated rings. The molecule has 5 N–H and O–H groups in total. The first-order valence-corrected chi connectivity index (χ1v) is 15.3. The second-order valence-corrected chi connectivity index (χ2v) is 12.2. The van der Waals surface area contributed by atoms with Gasteiger partial charge in [-0.05, 0) is 37.5 Å². The number of cyclic esters (lactones) is 1. The highest BCUT2D eigenvalue weighted by Gasteiger charge is 2.34. The summed E-state index contributed by atoms with van der Waals surface area (Å²) in [6.07, 6.45) is 4.32. The molecular weight excluding hydrogens is 542 g/mol. The average Bonchev–Trinajstić information content (AvgIpc) is 2.92. The zero-order valence-electron chi connectivity index (χ0n) is 26.6. The van der Waals surface area contributed by atoms with Gasteiger partial charge in [0.2, 0.25) is 29.5 Å². The molecule has 240 valence electrons. The summed E-state index contributed by atoms with van der Waals surface area (Å²) < 4.78 is 5.72. The smallest absolute Gasteiger partial charge is 0.325 e. The molecule has 1 saturated heterocycles. The molecule has 0 aromatic heterocycles. The highest BCUT2D eigenvalue weighted by molar-refractivity contribution is 5.95. The van der Waals surface area contributed by atoms with Gasteiger partial charge < -0.3 is 31.3 Å². The molecule has 1 aliphatic rings. The Balaban J connectivity index is 3.26. The third-order valence-electron chi connectivity index (χ3n) is 7.44. The van der Waals surface area contributed by atoms with E-state index < -0.39 is 72.2 Å². The van der Waals surface area contributed by atoms with Gasteiger partial charge in [-0.1, -0.05) is 74.1 Å². The Kier molecular flexibility index (Phi) is 16.1. The van der Waals surface area contributed by atoms with Gasteiger partial charge in [-0.25, -0.2) is 0 Å². The van der Waals surface area contributed by atoms with E-state index in [1.54, 1.807) is 20.8 Å². The maximum atomic E-state index is 13.2. The van der Waals surface area contributed by atoms with Crippen LogP contribution in [0.15, 0.2) is 0 Å². The number of esters is 1. The second kappa shape index (κ2) is 18.4. The van der Waals surface area contributed by atoms with Crippen molar-refractivity contribution in [2.45, 2.75) is 118 Å². The Morgan fingerprint density at radius 2 is 1.40 bits per heavy atom. The molecule has 0 aliphatic carbocycles. The number of nitrogens with one attached hydrogen (secondary N) is 5. The molecule has 0 bridgehead atoms. The Morgan fingerprint density at radius 3 is 2.00 bits per heavy atom. The monoisotopic (exact) mass is 595 g/mol. The summed E-state index contributed by atoms with van der Waals surface area (Å²) in [6, 6.07) is -2.93.